The lowest BCUT2D eigenvalue weighted by molar-refractivity contribution is -0.122. The number of hydrogen-bond donors (Lipinski definition) is 3. The van der Waals surface area contributed by atoms with Crippen molar-refractivity contribution in [3.63, 3.8) is 0 Å². The number of nitrogens with one attached hydrogen (secondary N) is 3. The first-order chi connectivity index (χ1) is 9.04. The summed E-state index contributed by atoms with van der Waals surface area (Å²) >= 11 is 2.93. The van der Waals surface area contributed by atoms with Crippen molar-refractivity contribution in [2.75, 3.05) is 13.6 Å². The summed E-state index contributed by atoms with van der Waals surface area (Å²) in [6.07, 6.45) is 0.601. The van der Waals surface area contributed by atoms with Crippen LogP contribution in [0.2, 0.25) is 0 Å². The van der Waals surface area contributed by atoms with Gasteiger partial charge in [0.05, 0.1) is 0 Å². The molecule has 0 aromatic carbocycles. The zero-order valence-corrected chi connectivity index (χ0v) is 14.5. The van der Waals surface area contributed by atoms with Gasteiger partial charge >= 0.3 is 12.2 Å². The quantitative estimate of drug-likeness (QED) is 0.363. The van der Waals surface area contributed by atoms with Crippen molar-refractivity contribution in [2.45, 2.75) is 25.3 Å². The number of halogens is 2. The van der Waals surface area contributed by atoms with Gasteiger partial charge < -0.3 is 22.1 Å². The Labute approximate surface area is 139 Å². The van der Waals surface area contributed by atoms with E-state index in [0.717, 1.165) is 0 Å². The average Bonchev–Trinajstić information content (AvgIpc) is 2.43. The first kappa shape index (κ1) is 18.5. The molecular weight excluding hydrogens is 484 g/mol. The van der Waals surface area contributed by atoms with Gasteiger partial charge in [0.15, 0.2) is 46.0 Å². The zero-order chi connectivity index (χ0) is 14.7. The lowest BCUT2D eigenvalue weighted by Gasteiger charge is -2.15. The molecule has 0 rings (SSSR count). The Morgan fingerprint density at radius 3 is 2.26 bits per heavy atom. The van der Waals surface area contributed by atoms with Crippen molar-refractivity contribution in [3.05, 3.63) is 0 Å². The van der Waals surface area contributed by atoms with Crippen molar-refractivity contribution in [2.24, 2.45) is 0 Å². The van der Waals surface area contributed by atoms with Crippen LogP contribution in [0.1, 0.15) is 19.3 Å². The molecule has 0 aromatic heterocycles. The normalized spacial score (nSPS) is 11.1. The Hall–Kier alpha value is -0.530. The van der Waals surface area contributed by atoms with Gasteiger partial charge in [0, 0.05) is 13.6 Å². The van der Waals surface area contributed by atoms with E-state index in [2.05, 4.69) is 22.1 Å². The van der Waals surface area contributed by atoms with Crippen LogP contribution >= 0.6 is 46.0 Å². The lowest BCUT2D eigenvalue weighted by Crippen LogP contribution is -2.45. The van der Waals surface area contributed by atoms with Crippen LogP contribution < -0.4 is 16.0 Å². The third-order valence-electron chi connectivity index (χ3n) is 2.18. The smallest absolute Gasteiger partial charge is 0.378 e. The molecule has 0 aliphatic heterocycles. The molecule has 1 unspecified atom stereocenters. The van der Waals surface area contributed by atoms with Gasteiger partial charge in [-0.05, 0) is 19.3 Å². The highest BCUT2D eigenvalue weighted by molar-refractivity contribution is 14.1. The van der Waals surface area contributed by atoms with Crippen LogP contribution in [0.25, 0.3) is 0 Å². The Balaban J connectivity index is 3.96. The fourth-order valence-electron chi connectivity index (χ4n) is 1.30. The van der Waals surface area contributed by atoms with Crippen LogP contribution in [0, 0.1) is 0 Å². The molecule has 0 radical (unpaired) electrons. The van der Waals surface area contributed by atoms with E-state index >= 15 is 0 Å². The van der Waals surface area contributed by atoms with Crippen LogP contribution in [0.4, 0.5) is 9.59 Å². The van der Waals surface area contributed by atoms with Crippen molar-refractivity contribution in [1.29, 1.82) is 0 Å². The van der Waals surface area contributed by atoms with Crippen LogP contribution in [0.5, 0.6) is 0 Å². The van der Waals surface area contributed by atoms with Gasteiger partial charge in [-0.25, -0.2) is 9.59 Å². The molecule has 1 atom stereocenters. The Morgan fingerprint density at radius 1 is 1.11 bits per heavy atom. The number of likely N-dealkylation sites (N-methyl/N-ethyl adjacent to an activating group) is 1. The highest BCUT2D eigenvalue weighted by Gasteiger charge is 2.19. The molecule has 8 nitrogen and oxygen atoms in total. The fourth-order valence-corrected chi connectivity index (χ4v) is 1.58. The number of rotatable bonds is 7. The second-order valence-corrected chi connectivity index (χ2v) is 4.34. The fraction of sp³-hybridized carbons (Fsp3) is 0.667. The maximum Gasteiger partial charge on any atom is 0.417 e. The number of carbonyl (C=O) groups excluding carboxylic acids is 3. The lowest BCUT2D eigenvalue weighted by atomic mass is 10.1. The van der Waals surface area contributed by atoms with Crippen LogP contribution in [0.3, 0.4) is 0 Å². The number of amides is 3. The van der Waals surface area contributed by atoms with Crippen LogP contribution in [0.15, 0.2) is 0 Å². The summed E-state index contributed by atoms with van der Waals surface area (Å²) in [5.74, 6) is -0.290. The van der Waals surface area contributed by atoms with Crippen LogP contribution in [-0.2, 0) is 10.9 Å². The van der Waals surface area contributed by atoms with E-state index in [-0.39, 0.29) is 5.91 Å². The third kappa shape index (κ3) is 9.07. The van der Waals surface area contributed by atoms with E-state index < -0.39 is 18.2 Å². The number of hydrogen-bond acceptors (Lipinski definition) is 5. The van der Waals surface area contributed by atoms with E-state index in [1.165, 1.54) is 53.1 Å². The van der Waals surface area contributed by atoms with Gasteiger partial charge in [-0.1, -0.05) is 0 Å². The molecule has 0 aliphatic carbocycles. The number of carbonyl (C=O) groups is 3. The van der Waals surface area contributed by atoms with Gasteiger partial charge in [-0.15, -0.1) is 0 Å². The average molecular weight is 499 g/mol. The SMILES string of the molecule is CNC(=O)C(CCCCNC(=O)OI)NC(=O)OI. The second kappa shape index (κ2) is 11.3. The second-order valence-electron chi connectivity index (χ2n) is 3.46. The summed E-state index contributed by atoms with van der Waals surface area (Å²) in [4.78, 5) is 33.3. The predicted octanol–water partition coefficient (Wildman–Crippen LogP) is 1.42. The van der Waals surface area contributed by atoms with Gasteiger partial charge in [-0.3, -0.25) is 4.79 Å². The maximum atomic E-state index is 11.5. The molecule has 19 heavy (non-hydrogen) atoms. The molecular formula is C9H15I2N3O5. The standard InChI is InChI=1S/C9H15I2N3O5/c1-12-7(15)6(14-9(17)19-11)4-2-3-5-13-8(16)18-10/h6H,2-5H2,1H3,(H,12,15)(H,13,16)(H,14,17). The first-order valence-electron chi connectivity index (χ1n) is 5.42. The Kier molecular flexibility index (Phi) is 11.0. The molecule has 0 fully saturated rings. The minimum Gasteiger partial charge on any atom is -0.378 e. The van der Waals surface area contributed by atoms with Crippen molar-refractivity contribution in [1.82, 2.24) is 16.0 Å². The van der Waals surface area contributed by atoms with E-state index in [0.29, 0.717) is 25.8 Å². The summed E-state index contributed by atoms with van der Waals surface area (Å²) in [7, 11) is 1.49. The highest BCUT2D eigenvalue weighted by atomic mass is 127. The molecule has 0 aliphatic rings. The molecule has 0 spiro atoms. The van der Waals surface area contributed by atoms with Crippen molar-refractivity contribution in [3.8, 4) is 0 Å². The molecule has 0 heterocycles. The van der Waals surface area contributed by atoms with Crippen LogP contribution in [-0.4, -0.2) is 37.7 Å². The number of unbranched alkanes of at least 4 members (excludes halogenated alkanes) is 1. The predicted molar refractivity (Wildman–Crippen MR) is 83.8 cm³/mol. The summed E-state index contributed by atoms with van der Waals surface area (Å²) in [5.41, 5.74) is 0. The van der Waals surface area contributed by atoms with Gasteiger partial charge in [0.2, 0.25) is 5.91 Å². The monoisotopic (exact) mass is 499 g/mol. The van der Waals surface area contributed by atoms with Gasteiger partial charge in [-0.2, -0.15) is 0 Å². The third-order valence-corrected chi connectivity index (χ3v) is 2.98. The van der Waals surface area contributed by atoms with E-state index in [9.17, 15) is 14.4 Å². The van der Waals surface area contributed by atoms with Gasteiger partial charge in [0.1, 0.15) is 6.04 Å². The van der Waals surface area contributed by atoms with Crippen molar-refractivity contribution >= 4 is 64.1 Å². The van der Waals surface area contributed by atoms with E-state index in [1.54, 1.807) is 0 Å². The summed E-state index contributed by atoms with van der Waals surface area (Å²) < 4.78 is 8.80. The molecule has 110 valence electrons. The zero-order valence-electron chi connectivity index (χ0n) is 10.2. The summed E-state index contributed by atoms with van der Waals surface area (Å²) in [6, 6.07) is -0.649. The summed E-state index contributed by atoms with van der Waals surface area (Å²) in [5, 5.41) is 7.41. The van der Waals surface area contributed by atoms with E-state index in [4.69, 9.17) is 0 Å². The molecule has 0 saturated heterocycles. The molecule has 0 saturated carbocycles. The largest absolute Gasteiger partial charge is 0.417 e. The molecule has 0 aromatic rings. The topological polar surface area (TPSA) is 106 Å². The molecule has 0 bridgehead atoms. The van der Waals surface area contributed by atoms with Gasteiger partial charge in [0.25, 0.3) is 0 Å². The Morgan fingerprint density at radius 2 is 1.74 bits per heavy atom. The molecule has 3 amide bonds. The minimum absolute atomic E-state index is 0.290. The Bertz CT molecular complexity index is 316. The maximum absolute atomic E-state index is 11.5. The van der Waals surface area contributed by atoms with Crippen molar-refractivity contribution < 1.29 is 20.5 Å². The first-order valence-corrected chi connectivity index (χ1v) is 7.18. The molecule has 3 N–H and O–H groups in total. The molecule has 10 heteroatoms. The van der Waals surface area contributed by atoms with E-state index in [1.807, 2.05) is 0 Å². The minimum atomic E-state index is -0.666. The highest BCUT2D eigenvalue weighted by Crippen LogP contribution is 2.02. The summed E-state index contributed by atoms with van der Waals surface area (Å²) in [6.45, 7) is 0.443.